The SMILES string of the molecule is CC(C)C[C@H](C[C@H](O)[C@H](CC1CCCCC1)NC(=O)[C@H](Cc1cnc[nH]1)NC(=O)[C@H](Cc1ccccc1)NC(=O)OC(C)(C)C)C(=O)N[C@H](C=O)CCCCN. The van der Waals surface area contributed by atoms with E-state index in [-0.39, 0.29) is 37.0 Å². The van der Waals surface area contributed by atoms with Crippen molar-refractivity contribution >= 4 is 30.1 Å². The van der Waals surface area contributed by atoms with Gasteiger partial charge in [0.05, 0.1) is 24.5 Å². The van der Waals surface area contributed by atoms with Crippen molar-refractivity contribution < 1.29 is 33.8 Å². The van der Waals surface area contributed by atoms with Gasteiger partial charge in [-0.25, -0.2) is 9.78 Å². The van der Waals surface area contributed by atoms with Crippen LogP contribution in [0.2, 0.25) is 0 Å². The van der Waals surface area contributed by atoms with Gasteiger partial charge in [0.15, 0.2) is 0 Å². The van der Waals surface area contributed by atoms with Crippen molar-refractivity contribution in [2.75, 3.05) is 6.54 Å². The number of aliphatic hydroxyl groups is 1. The predicted molar refractivity (Wildman–Crippen MR) is 215 cm³/mol. The maximum atomic E-state index is 14.3. The van der Waals surface area contributed by atoms with Gasteiger partial charge < -0.3 is 46.6 Å². The van der Waals surface area contributed by atoms with E-state index < -0.39 is 59.7 Å². The molecular formula is C42H67N7O7. The van der Waals surface area contributed by atoms with Gasteiger partial charge in [0.25, 0.3) is 0 Å². The zero-order valence-corrected chi connectivity index (χ0v) is 34.1. The minimum Gasteiger partial charge on any atom is -0.444 e. The Hall–Kier alpha value is -4.30. The molecule has 1 aromatic carbocycles. The molecule has 0 unspecified atom stereocenters. The Morgan fingerprint density at radius 1 is 0.929 bits per heavy atom. The predicted octanol–water partition coefficient (Wildman–Crippen LogP) is 4.25. The number of aliphatic hydroxyl groups excluding tert-OH is 1. The Kier molecular flexibility index (Phi) is 19.5. The van der Waals surface area contributed by atoms with Gasteiger partial charge in [0.2, 0.25) is 17.7 Å². The van der Waals surface area contributed by atoms with Crippen molar-refractivity contribution in [3.63, 3.8) is 0 Å². The lowest BCUT2D eigenvalue weighted by atomic mass is 9.81. The highest BCUT2D eigenvalue weighted by atomic mass is 16.6. The van der Waals surface area contributed by atoms with Crippen molar-refractivity contribution in [1.29, 1.82) is 0 Å². The summed E-state index contributed by atoms with van der Waals surface area (Å²) < 4.78 is 5.47. The monoisotopic (exact) mass is 782 g/mol. The van der Waals surface area contributed by atoms with Crippen LogP contribution in [0.3, 0.4) is 0 Å². The Balaban J connectivity index is 1.87. The number of aromatic amines is 1. The van der Waals surface area contributed by atoms with Gasteiger partial charge in [0, 0.05) is 30.7 Å². The van der Waals surface area contributed by atoms with Crippen LogP contribution in [0.4, 0.5) is 4.79 Å². The number of carbonyl (C=O) groups is 5. The molecule has 0 aliphatic heterocycles. The number of benzene rings is 1. The molecular weight excluding hydrogens is 715 g/mol. The molecule has 14 nitrogen and oxygen atoms in total. The molecule has 0 radical (unpaired) electrons. The zero-order chi connectivity index (χ0) is 41.1. The van der Waals surface area contributed by atoms with E-state index in [1.165, 1.54) is 6.33 Å². The van der Waals surface area contributed by atoms with Crippen molar-refractivity contribution in [1.82, 2.24) is 31.2 Å². The summed E-state index contributed by atoms with van der Waals surface area (Å²) in [5.41, 5.74) is 6.21. The number of aldehydes is 1. The van der Waals surface area contributed by atoms with Crippen molar-refractivity contribution in [3.05, 3.63) is 54.1 Å². The molecule has 1 fully saturated rings. The van der Waals surface area contributed by atoms with Crippen LogP contribution >= 0.6 is 0 Å². The Bertz CT molecular complexity index is 1480. The van der Waals surface area contributed by atoms with Gasteiger partial charge >= 0.3 is 6.09 Å². The number of carbonyl (C=O) groups excluding carboxylic acids is 5. The van der Waals surface area contributed by atoms with E-state index >= 15 is 0 Å². The molecule has 56 heavy (non-hydrogen) atoms. The molecule has 14 heteroatoms. The average Bonchev–Trinajstić information content (AvgIpc) is 3.66. The van der Waals surface area contributed by atoms with Crippen LogP contribution in [0.5, 0.6) is 0 Å². The third-order valence-electron chi connectivity index (χ3n) is 10.1. The lowest BCUT2D eigenvalue weighted by molar-refractivity contribution is -0.131. The van der Waals surface area contributed by atoms with Crippen LogP contribution in [0, 0.1) is 17.8 Å². The Morgan fingerprint density at radius 2 is 1.61 bits per heavy atom. The third-order valence-corrected chi connectivity index (χ3v) is 10.1. The second kappa shape index (κ2) is 23.7. The highest BCUT2D eigenvalue weighted by molar-refractivity contribution is 5.91. The molecule has 1 aromatic heterocycles. The van der Waals surface area contributed by atoms with Crippen LogP contribution < -0.4 is 27.0 Å². The number of nitrogens with zero attached hydrogens (tertiary/aromatic N) is 1. The van der Waals surface area contributed by atoms with Gasteiger partial charge in [-0.15, -0.1) is 0 Å². The number of rotatable bonds is 23. The van der Waals surface area contributed by atoms with Crippen LogP contribution in [0.25, 0.3) is 0 Å². The number of imidazole rings is 1. The first-order chi connectivity index (χ1) is 26.7. The van der Waals surface area contributed by atoms with Gasteiger partial charge in [0.1, 0.15) is 24.0 Å². The summed E-state index contributed by atoms with van der Waals surface area (Å²) in [6.45, 7) is 9.68. The second-order valence-corrected chi connectivity index (χ2v) is 16.8. The fourth-order valence-corrected chi connectivity index (χ4v) is 7.30. The highest BCUT2D eigenvalue weighted by Gasteiger charge is 2.35. The molecule has 312 valence electrons. The molecule has 4 amide bonds. The maximum Gasteiger partial charge on any atom is 0.408 e. The number of aromatic nitrogens is 2. The molecule has 1 aliphatic carbocycles. The Labute approximate surface area is 332 Å². The first-order valence-corrected chi connectivity index (χ1v) is 20.4. The lowest BCUT2D eigenvalue weighted by Crippen LogP contribution is -2.58. The standard InChI is InChI=1S/C42H67N7O7/c1-28(2)20-31(38(52)46-32(26-50)18-12-13-19-43)23-37(51)34(21-29-14-8-6-9-15-29)47-40(54)36(24-33-25-44-27-45-33)48-39(53)35(22-30-16-10-7-11-17-30)49-41(55)56-42(3,4)5/h7,10-11,16-17,25-29,31-32,34-37,51H,6,8-9,12-15,18-24,43H2,1-5H3,(H,44,45)(H,46,52)(H,47,54)(H,48,53)(H,49,55)/t31-,32+,34+,35+,36+,37+/m1/s1. The summed E-state index contributed by atoms with van der Waals surface area (Å²) in [7, 11) is 0. The minimum absolute atomic E-state index is 0.0595. The molecule has 6 atom stereocenters. The van der Waals surface area contributed by atoms with E-state index in [2.05, 4.69) is 31.2 Å². The number of hydrogen-bond donors (Lipinski definition) is 7. The molecule has 1 saturated carbocycles. The maximum absolute atomic E-state index is 14.3. The summed E-state index contributed by atoms with van der Waals surface area (Å²) in [5.74, 6) is -1.63. The molecule has 2 aromatic rings. The van der Waals surface area contributed by atoms with E-state index in [0.29, 0.717) is 37.9 Å². The molecule has 0 bridgehead atoms. The topological polar surface area (TPSA) is 218 Å². The Morgan fingerprint density at radius 3 is 2.21 bits per heavy atom. The van der Waals surface area contributed by atoms with E-state index in [4.69, 9.17) is 10.5 Å². The molecule has 0 saturated heterocycles. The largest absolute Gasteiger partial charge is 0.444 e. The van der Waals surface area contributed by atoms with E-state index in [9.17, 15) is 29.1 Å². The third kappa shape index (κ3) is 17.2. The zero-order valence-electron chi connectivity index (χ0n) is 34.1. The van der Waals surface area contributed by atoms with Crippen molar-refractivity contribution in [2.45, 2.75) is 154 Å². The quantitative estimate of drug-likeness (QED) is 0.0633. The van der Waals surface area contributed by atoms with Crippen LogP contribution in [-0.2, 0) is 36.8 Å². The molecule has 1 heterocycles. The smallest absolute Gasteiger partial charge is 0.408 e. The molecule has 3 rings (SSSR count). The minimum atomic E-state index is -1.11. The first kappa shape index (κ1) is 46.1. The van der Waals surface area contributed by atoms with Gasteiger partial charge in [-0.1, -0.05) is 76.3 Å². The van der Waals surface area contributed by atoms with Crippen LogP contribution in [0.1, 0.15) is 117 Å². The number of H-pyrrole nitrogens is 1. The summed E-state index contributed by atoms with van der Waals surface area (Å²) in [4.78, 5) is 73.8. The molecule has 1 aliphatic rings. The average molecular weight is 782 g/mol. The van der Waals surface area contributed by atoms with E-state index in [1.807, 2.05) is 44.2 Å². The number of nitrogens with two attached hydrogens (primary N) is 1. The van der Waals surface area contributed by atoms with E-state index in [0.717, 1.165) is 50.4 Å². The number of ether oxygens (including phenoxy) is 1. The summed E-state index contributed by atoms with van der Waals surface area (Å²) >= 11 is 0. The van der Waals surface area contributed by atoms with Crippen molar-refractivity contribution in [3.8, 4) is 0 Å². The second-order valence-electron chi connectivity index (χ2n) is 16.8. The number of hydrogen-bond acceptors (Lipinski definition) is 9. The first-order valence-electron chi connectivity index (χ1n) is 20.4. The van der Waals surface area contributed by atoms with Crippen LogP contribution in [0.15, 0.2) is 42.9 Å². The number of unbranched alkanes of at least 4 members (excludes halogenated alkanes) is 1. The fourth-order valence-electron chi connectivity index (χ4n) is 7.30. The summed E-state index contributed by atoms with van der Waals surface area (Å²) in [6.07, 6.45) is 10.3. The van der Waals surface area contributed by atoms with E-state index in [1.54, 1.807) is 27.0 Å². The van der Waals surface area contributed by atoms with Gasteiger partial charge in [-0.3, -0.25) is 14.4 Å². The lowest BCUT2D eigenvalue weighted by Gasteiger charge is -2.33. The van der Waals surface area contributed by atoms with Gasteiger partial charge in [-0.2, -0.15) is 0 Å². The van der Waals surface area contributed by atoms with Crippen LogP contribution in [-0.4, -0.2) is 87.6 Å². The molecule has 0 spiro atoms. The summed E-state index contributed by atoms with van der Waals surface area (Å²) in [5, 5.41) is 23.4. The summed E-state index contributed by atoms with van der Waals surface area (Å²) in [6, 6.07) is 5.66. The number of amides is 4. The molecule has 8 N–H and O–H groups in total. The highest BCUT2D eigenvalue weighted by Crippen LogP contribution is 2.30. The van der Waals surface area contributed by atoms with Gasteiger partial charge in [-0.05, 0) is 83.2 Å². The number of alkyl carbamates (subject to hydrolysis) is 1. The van der Waals surface area contributed by atoms with Crippen molar-refractivity contribution in [2.24, 2.45) is 23.5 Å². The fraction of sp³-hybridized carbons (Fsp3) is 0.667. The number of nitrogens with one attached hydrogen (secondary N) is 5. The normalized spacial score (nSPS) is 16.8.